The largest absolute Gasteiger partial charge is 0.477 e. The maximum absolute atomic E-state index is 5.67. The minimum atomic E-state index is 0.696. The molecule has 1 heterocycles. The molecule has 0 aliphatic rings. The van der Waals surface area contributed by atoms with Crippen molar-refractivity contribution in [2.24, 2.45) is 0 Å². The molecule has 0 atom stereocenters. The monoisotopic (exact) mass is 216 g/mol. The fraction of sp³-hybridized carbons (Fsp3) is 0.385. The van der Waals surface area contributed by atoms with Crippen LogP contribution in [0.1, 0.15) is 26.2 Å². The molecule has 0 fully saturated rings. The van der Waals surface area contributed by atoms with Crippen LogP contribution in [-0.4, -0.2) is 16.6 Å². The molecule has 0 N–H and O–H groups in total. The maximum atomic E-state index is 5.67. The first-order valence-corrected chi connectivity index (χ1v) is 5.74. The van der Waals surface area contributed by atoms with E-state index in [-0.39, 0.29) is 0 Å². The van der Waals surface area contributed by atoms with Crippen molar-refractivity contribution in [3.8, 4) is 5.88 Å². The molecule has 0 aliphatic carbocycles. The van der Waals surface area contributed by atoms with Gasteiger partial charge in [0, 0.05) is 0 Å². The van der Waals surface area contributed by atoms with Gasteiger partial charge >= 0.3 is 0 Å². The summed E-state index contributed by atoms with van der Waals surface area (Å²) in [6.07, 6.45) is 5.03. The number of fused-ring (bicyclic) bond motifs is 1. The minimum absolute atomic E-state index is 0.696. The van der Waals surface area contributed by atoms with Crippen molar-refractivity contribution < 1.29 is 4.74 Å². The average Bonchev–Trinajstić information content (AvgIpc) is 2.35. The van der Waals surface area contributed by atoms with Gasteiger partial charge in [-0.1, -0.05) is 31.9 Å². The molecule has 2 rings (SSSR count). The average molecular weight is 216 g/mol. The lowest BCUT2D eigenvalue weighted by Gasteiger charge is -2.06. The second-order valence-corrected chi connectivity index (χ2v) is 3.75. The summed E-state index contributed by atoms with van der Waals surface area (Å²) in [6.45, 7) is 2.91. The molecular weight excluding hydrogens is 200 g/mol. The second-order valence-electron chi connectivity index (χ2n) is 3.75. The van der Waals surface area contributed by atoms with Crippen LogP contribution in [0.5, 0.6) is 5.88 Å². The second kappa shape index (κ2) is 5.45. The lowest BCUT2D eigenvalue weighted by molar-refractivity contribution is 0.298. The van der Waals surface area contributed by atoms with E-state index in [4.69, 9.17) is 4.74 Å². The Kier molecular flexibility index (Phi) is 3.70. The highest BCUT2D eigenvalue weighted by Gasteiger charge is 2.02. The first-order valence-electron chi connectivity index (χ1n) is 5.74. The van der Waals surface area contributed by atoms with E-state index in [1.165, 1.54) is 12.8 Å². The zero-order valence-electron chi connectivity index (χ0n) is 9.52. The van der Waals surface area contributed by atoms with Gasteiger partial charge in [-0.2, -0.15) is 0 Å². The number of unbranched alkanes of at least 4 members (excludes halogenated alkanes) is 2. The number of ether oxygens (including phenoxy) is 1. The topological polar surface area (TPSA) is 35.0 Å². The predicted octanol–water partition coefficient (Wildman–Crippen LogP) is 3.20. The van der Waals surface area contributed by atoms with Gasteiger partial charge in [0.1, 0.15) is 6.33 Å². The molecule has 2 aromatic rings. The Morgan fingerprint density at radius 2 is 2.00 bits per heavy atom. The number of hydrogen-bond acceptors (Lipinski definition) is 3. The first-order chi connectivity index (χ1) is 7.92. The summed E-state index contributed by atoms with van der Waals surface area (Å²) < 4.78 is 5.67. The van der Waals surface area contributed by atoms with Gasteiger partial charge in [0.05, 0.1) is 17.5 Å². The van der Waals surface area contributed by atoms with Crippen molar-refractivity contribution in [2.75, 3.05) is 6.61 Å². The van der Waals surface area contributed by atoms with Gasteiger partial charge in [-0.15, -0.1) is 0 Å². The summed E-state index contributed by atoms with van der Waals surface area (Å²) in [6, 6.07) is 7.90. The summed E-state index contributed by atoms with van der Waals surface area (Å²) in [4.78, 5) is 8.37. The van der Waals surface area contributed by atoms with Gasteiger partial charge in [-0.05, 0) is 18.6 Å². The van der Waals surface area contributed by atoms with Gasteiger partial charge < -0.3 is 4.74 Å². The van der Waals surface area contributed by atoms with Crippen molar-refractivity contribution in [3.63, 3.8) is 0 Å². The third-order valence-corrected chi connectivity index (χ3v) is 2.49. The molecule has 0 unspecified atom stereocenters. The molecule has 0 spiro atoms. The van der Waals surface area contributed by atoms with E-state index in [0.717, 1.165) is 23.9 Å². The Morgan fingerprint density at radius 3 is 2.88 bits per heavy atom. The third kappa shape index (κ3) is 2.48. The molecule has 0 saturated heterocycles. The molecule has 0 saturated carbocycles. The zero-order chi connectivity index (χ0) is 11.2. The van der Waals surface area contributed by atoms with Gasteiger partial charge in [0.2, 0.25) is 5.88 Å². The summed E-state index contributed by atoms with van der Waals surface area (Å²) >= 11 is 0. The molecule has 16 heavy (non-hydrogen) atoms. The maximum Gasteiger partial charge on any atom is 0.224 e. The Labute approximate surface area is 95.5 Å². The van der Waals surface area contributed by atoms with Crippen LogP contribution < -0.4 is 4.74 Å². The first kappa shape index (κ1) is 10.9. The summed E-state index contributed by atoms with van der Waals surface area (Å²) in [5.41, 5.74) is 0.933. The Balaban J connectivity index is 2.11. The highest BCUT2D eigenvalue weighted by molar-refractivity contribution is 5.82. The molecule has 84 valence electrons. The molecular formula is C13H16N2O. The van der Waals surface area contributed by atoms with Crippen LogP contribution in [0.4, 0.5) is 0 Å². The van der Waals surface area contributed by atoms with Crippen LogP contribution in [0, 0.1) is 0 Å². The highest BCUT2D eigenvalue weighted by atomic mass is 16.5. The van der Waals surface area contributed by atoms with Crippen molar-refractivity contribution >= 4 is 10.9 Å². The Hall–Kier alpha value is -1.64. The predicted molar refractivity (Wildman–Crippen MR) is 64.6 cm³/mol. The van der Waals surface area contributed by atoms with Gasteiger partial charge in [-0.3, -0.25) is 0 Å². The van der Waals surface area contributed by atoms with E-state index in [0.29, 0.717) is 5.88 Å². The molecule has 0 aliphatic heterocycles. The molecule has 0 radical (unpaired) electrons. The lowest BCUT2D eigenvalue weighted by atomic mass is 10.2. The normalized spacial score (nSPS) is 10.6. The smallest absolute Gasteiger partial charge is 0.224 e. The van der Waals surface area contributed by atoms with Crippen molar-refractivity contribution in [1.82, 2.24) is 9.97 Å². The van der Waals surface area contributed by atoms with Crippen LogP contribution in [0.2, 0.25) is 0 Å². The number of nitrogens with zero attached hydrogens (tertiary/aromatic N) is 2. The van der Waals surface area contributed by atoms with E-state index in [2.05, 4.69) is 16.9 Å². The molecule has 3 heteroatoms. The standard InChI is InChI=1S/C13H16N2O/c1-2-3-6-9-16-13-11-7-4-5-8-12(11)14-10-15-13/h4-5,7-8,10H,2-3,6,9H2,1H3. The van der Waals surface area contributed by atoms with Crippen LogP contribution in [0.3, 0.4) is 0 Å². The molecule has 1 aromatic carbocycles. The number of rotatable bonds is 5. The van der Waals surface area contributed by atoms with Gasteiger partial charge in [0.25, 0.3) is 0 Å². The number of aromatic nitrogens is 2. The van der Waals surface area contributed by atoms with Crippen LogP contribution in [0.15, 0.2) is 30.6 Å². The van der Waals surface area contributed by atoms with E-state index >= 15 is 0 Å². The summed E-state index contributed by atoms with van der Waals surface area (Å²) in [5.74, 6) is 0.696. The number of hydrogen-bond donors (Lipinski definition) is 0. The third-order valence-electron chi connectivity index (χ3n) is 2.49. The Morgan fingerprint density at radius 1 is 1.12 bits per heavy atom. The lowest BCUT2D eigenvalue weighted by Crippen LogP contribution is -2.00. The molecule has 0 amide bonds. The summed E-state index contributed by atoms with van der Waals surface area (Å²) in [5, 5.41) is 0.987. The molecule has 3 nitrogen and oxygen atoms in total. The summed E-state index contributed by atoms with van der Waals surface area (Å²) in [7, 11) is 0. The zero-order valence-corrected chi connectivity index (χ0v) is 9.52. The van der Waals surface area contributed by atoms with Gasteiger partial charge in [-0.25, -0.2) is 9.97 Å². The Bertz CT molecular complexity index is 451. The van der Waals surface area contributed by atoms with Crippen LogP contribution in [0.25, 0.3) is 10.9 Å². The van der Waals surface area contributed by atoms with Crippen LogP contribution in [-0.2, 0) is 0 Å². The SMILES string of the molecule is CCCCCOc1ncnc2ccccc12. The minimum Gasteiger partial charge on any atom is -0.477 e. The fourth-order valence-electron chi connectivity index (χ4n) is 1.62. The van der Waals surface area contributed by atoms with E-state index in [1.54, 1.807) is 6.33 Å². The van der Waals surface area contributed by atoms with E-state index < -0.39 is 0 Å². The highest BCUT2D eigenvalue weighted by Crippen LogP contribution is 2.20. The van der Waals surface area contributed by atoms with Crippen molar-refractivity contribution in [1.29, 1.82) is 0 Å². The number of benzene rings is 1. The molecule has 0 bridgehead atoms. The number of para-hydroxylation sites is 1. The quantitative estimate of drug-likeness (QED) is 0.720. The van der Waals surface area contributed by atoms with Gasteiger partial charge in [0.15, 0.2) is 0 Å². The van der Waals surface area contributed by atoms with E-state index in [1.807, 2.05) is 24.3 Å². The molecule has 1 aromatic heterocycles. The van der Waals surface area contributed by atoms with E-state index in [9.17, 15) is 0 Å². The fourth-order valence-corrected chi connectivity index (χ4v) is 1.62. The van der Waals surface area contributed by atoms with Crippen molar-refractivity contribution in [2.45, 2.75) is 26.2 Å². The van der Waals surface area contributed by atoms with Crippen molar-refractivity contribution in [3.05, 3.63) is 30.6 Å². The van der Waals surface area contributed by atoms with Crippen LogP contribution >= 0.6 is 0 Å².